The van der Waals surface area contributed by atoms with E-state index in [1.54, 1.807) is 24.3 Å². The number of hydrogen-bond donors (Lipinski definition) is 1. The van der Waals surface area contributed by atoms with Crippen LogP contribution < -0.4 is 4.74 Å². The van der Waals surface area contributed by atoms with Gasteiger partial charge in [-0.05, 0) is 62.6 Å². The highest BCUT2D eigenvalue weighted by Crippen LogP contribution is 2.28. The Labute approximate surface area is 181 Å². The number of carbonyl (C=O) groups excluding carboxylic acids is 1. The van der Waals surface area contributed by atoms with Crippen LogP contribution in [-0.2, 0) is 16.0 Å². The lowest BCUT2D eigenvalue weighted by Gasteiger charge is -2.36. The maximum atomic E-state index is 12.8. The number of ether oxygens (including phenoxy) is 1. The van der Waals surface area contributed by atoms with Crippen molar-refractivity contribution in [3.05, 3.63) is 88.1 Å². The topological polar surface area (TPSA) is 66.8 Å². The number of aryl methyl sites for hydroxylation is 1. The van der Waals surface area contributed by atoms with Crippen molar-refractivity contribution >= 4 is 23.5 Å². The highest BCUT2D eigenvalue weighted by molar-refractivity contribution is 6.30. The molecular formula is C24H24ClNO4. The molecular weight excluding hydrogens is 402 g/mol. The Bertz CT molecular complexity index is 980. The second kappa shape index (κ2) is 9.63. The number of carbonyl (C=O) groups is 2. The van der Waals surface area contributed by atoms with Crippen LogP contribution in [0.3, 0.4) is 0 Å². The quantitative estimate of drug-likeness (QED) is 0.506. The summed E-state index contributed by atoms with van der Waals surface area (Å²) < 4.78 is 5.45. The Hall–Kier alpha value is -3.05. The first-order valence-electron chi connectivity index (χ1n) is 9.81. The van der Waals surface area contributed by atoms with Gasteiger partial charge in [-0.25, -0.2) is 9.59 Å². The molecule has 0 spiro atoms. The summed E-state index contributed by atoms with van der Waals surface area (Å²) >= 11 is 5.87. The van der Waals surface area contributed by atoms with Gasteiger partial charge in [0.05, 0.1) is 17.2 Å². The minimum absolute atomic E-state index is 0.170. The predicted molar refractivity (Wildman–Crippen MR) is 116 cm³/mol. The van der Waals surface area contributed by atoms with E-state index in [0.29, 0.717) is 23.0 Å². The lowest BCUT2D eigenvalue weighted by Crippen LogP contribution is -2.40. The molecule has 5 nitrogen and oxygen atoms in total. The molecule has 1 heterocycles. The smallest absolute Gasteiger partial charge is 0.345 e. The number of benzene rings is 2. The number of esters is 1. The first-order chi connectivity index (χ1) is 14.4. The minimum Gasteiger partial charge on any atom is -0.478 e. The summed E-state index contributed by atoms with van der Waals surface area (Å²) in [6.07, 6.45) is 3.13. The molecule has 1 unspecified atom stereocenters. The lowest BCUT2D eigenvalue weighted by molar-refractivity contribution is -0.133. The van der Waals surface area contributed by atoms with E-state index in [9.17, 15) is 14.7 Å². The second-order valence-corrected chi connectivity index (χ2v) is 7.64. The molecule has 0 aromatic heterocycles. The SMILES string of the molecule is CC1=C(C(=O)Oc2ccc(Cl)cc2)C=C(C(=O)O)C(C)N1CCCc1ccccc1. The predicted octanol–water partition coefficient (Wildman–Crippen LogP) is 4.87. The van der Waals surface area contributed by atoms with E-state index in [2.05, 4.69) is 12.1 Å². The molecule has 6 heteroatoms. The van der Waals surface area contributed by atoms with E-state index in [0.717, 1.165) is 12.8 Å². The molecule has 0 radical (unpaired) electrons. The van der Waals surface area contributed by atoms with Crippen LogP contribution in [0.1, 0.15) is 25.8 Å². The van der Waals surface area contributed by atoms with E-state index in [4.69, 9.17) is 16.3 Å². The largest absolute Gasteiger partial charge is 0.478 e. The summed E-state index contributed by atoms with van der Waals surface area (Å²) in [6, 6.07) is 16.2. The molecule has 0 aliphatic carbocycles. The third kappa shape index (κ3) is 5.10. The molecule has 1 aliphatic rings. The zero-order chi connectivity index (χ0) is 21.7. The van der Waals surface area contributed by atoms with Gasteiger partial charge in [-0.3, -0.25) is 0 Å². The van der Waals surface area contributed by atoms with E-state index in [-0.39, 0.29) is 17.2 Å². The Morgan fingerprint density at radius 3 is 2.40 bits per heavy atom. The van der Waals surface area contributed by atoms with Crippen molar-refractivity contribution in [1.29, 1.82) is 0 Å². The van der Waals surface area contributed by atoms with Gasteiger partial charge in [0, 0.05) is 17.3 Å². The molecule has 0 fully saturated rings. The van der Waals surface area contributed by atoms with Crippen LogP contribution in [0.5, 0.6) is 5.75 Å². The van der Waals surface area contributed by atoms with E-state index in [1.165, 1.54) is 11.6 Å². The molecule has 0 amide bonds. The summed E-state index contributed by atoms with van der Waals surface area (Å²) in [7, 11) is 0. The summed E-state index contributed by atoms with van der Waals surface area (Å²) in [4.78, 5) is 26.6. The number of halogens is 1. The van der Waals surface area contributed by atoms with Gasteiger partial charge in [0.25, 0.3) is 0 Å². The summed E-state index contributed by atoms with van der Waals surface area (Å²) in [5, 5.41) is 10.2. The minimum atomic E-state index is -1.04. The molecule has 1 N–H and O–H groups in total. The van der Waals surface area contributed by atoms with Crippen molar-refractivity contribution in [3.63, 3.8) is 0 Å². The molecule has 0 bridgehead atoms. The summed E-state index contributed by atoms with van der Waals surface area (Å²) in [5.41, 5.74) is 2.35. The Morgan fingerprint density at radius 2 is 1.77 bits per heavy atom. The molecule has 0 saturated heterocycles. The first kappa shape index (κ1) is 21.7. The average Bonchev–Trinajstić information content (AvgIpc) is 2.72. The summed E-state index contributed by atoms with van der Waals surface area (Å²) in [5.74, 6) is -1.28. The zero-order valence-electron chi connectivity index (χ0n) is 17.0. The van der Waals surface area contributed by atoms with Gasteiger partial charge >= 0.3 is 11.9 Å². The van der Waals surface area contributed by atoms with Crippen LogP contribution in [0.15, 0.2) is 77.5 Å². The van der Waals surface area contributed by atoms with Crippen molar-refractivity contribution < 1.29 is 19.4 Å². The third-order valence-corrected chi connectivity index (χ3v) is 5.49. The number of rotatable bonds is 7. The maximum Gasteiger partial charge on any atom is 0.345 e. The van der Waals surface area contributed by atoms with Crippen LogP contribution in [-0.4, -0.2) is 34.5 Å². The number of carboxylic acids is 1. The van der Waals surface area contributed by atoms with Crippen LogP contribution >= 0.6 is 11.6 Å². The standard InChI is InChI=1S/C24H24ClNO4/c1-16-21(23(27)28)15-22(24(29)30-20-12-10-19(25)11-13-20)17(2)26(16)14-6-9-18-7-4-3-5-8-18/h3-5,7-8,10-13,15-16H,6,9,14H2,1-2H3,(H,27,28). The van der Waals surface area contributed by atoms with Crippen LogP contribution in [0.4, 0.5) is 0 Å². The van der Waals surface area contributed by atoms with E-state index in [1.807, 2.05) is 36.9 Å². The van der Waals surface area contributed by atoms with Crippen molar-refractivity contribution in [2.24, 2.45) is 0 Å². The van der Waals surface area contributed by atoms with E-state index < -0.39 is 11.9 Å². The second-order valence-electron chi connectivity index (χ2n) is 7.21. The fraction of sp³-hybridized carbons (Fsp3) is 0.250. The number of aliphatic carboxylic acids is 1. The van der Waals surface area contributed by atoms with Gasteiger partial charge in [0.15, 0.2) is 0 Å². The third-order valence-electron chi connectivity index (χ3n) is 5.24. The van der Waals surface area contributed by atoms with Crippen molar-refractivity contribution in [2.45, 2.75) is 32.7 Å². The number of nitrogens with zero attached hydrogens (tertiary/aromatic N) is 1. The monoisotopic (exact) mass is 425 g/mol. The molecule has 2 aromatic carbocycles. The lowest BCUT2D eigenvalue weighted by atomic mass is 9.96. The molecule has 30 heavy (non-hydrogen) atoms. The average molecular weight is 426 g/mol. The first-order valence-corrected chi connectivity index (χ1v) is 10.2. The van der Waals surface area contributed by atoms with Crippen LogP contribution in [0, 0.1) is 0 Å². The van der Waals surface area contributed by atoms with Gasteiger partial charge in [0.2, 0.25) is 0 Å². The number of hydrogen-bond acceptors (Lipinski definition) is 4. The van der Waals surface area contributed by atoms with Gasteiger partial charge in [-0.1, -0.05) is 41.9 Å². The molecule has 2 aromatic rings. The van der Waals surface area contributed by atoms with Crippen molar-refractivity contribution in [2.75, 3.05) is 6.54 Å². The maximum absolute atomic E-state index is 12.8. The van der Waals surface area contributed by atoms with Crippen molar-refractivity contribution in [3.8, 4) is 5.75 Å². The van der Waals surface area contributed by atoms with Crippen LogP contribution in [0.2, 0.25) is 5.02 Å². The van der Waals surface area contributed by atoms with Gasteiger partial charge < -0.3 is 14.7 Å². The summed E-state index contributed by atoms with van der Waals surface area (Å²) in [6.45, 7) is 4.30. The Balaban J connectivity index is 1.80. The van der Waals surface area contributed by atoms with Gasteiger partial charge in [-0.15, -0.1) is 0 Å². The highest BCUT2D eigenvalue weighted by atomic mass is 35.5. The fourth-order valence-electron chi connectivity index (χ4n) is 3.56. The molecule has 3 rings (SSSR count). The van der Waals surface area contributed by atoms with Crippen molar-refractivity contribution in [1.82, 2.24) is 4.90 Å². The molecule has 156 valence electrons. The number of carboxylic acid groups (broad SMARTS) is 1. The Kier molecular flexibility index (Phi) is 6.95. The Morgan fingerprint density at radius 1 is 1.10 bits per heavy atom. The normalized spacial score (nSPS) is 16.3. The highest BCUT2D eigenvalue weighted by Gasteiger charge is 2.31. The molecule has 0 saturated carbocycles. The fourth-order valence-corrected chi connectivity index (χ4v) is 3.69. The van der Waals surface area contributed by atoms with Crippen LogP contribution in [0.25, 0.3) is 0 Å². The van der Waals surface area contributed by atoms with Gasteiger partial charge in [0.1, 0.15) is 5.75 Å². The van der Waals surface area contributed by atoms with E-state index >= 15 is 0 Å². The molecule has 1 atom stereocenters. The number of allylic oxidation sites excluding steroid dienone is 1. The zero-order valence-corrected chi connectivity index (χ0v) is 17.7. The molecule has 1 aliphatic heterocycles. The van der Waals surface area contributed by atoms with Gasteiger partial charge in [-0.2, -0.15) is 0 Å².